The molecule has 5 nitrogen and oxygen atoms in total. The predicted octanol–water partition coefficient (Wildman–Crippen LogP) is 2.93. The zero-order chi connectivity index (χ0) is 16.7. The van der Waals surface area contributed by atoms with Crippen molar-refractivity contribution >= 4 is 11.9 Å². The molecule has 0 spiro atoms. The molecule has 0 heterocycles. The molecule has 1 amide bonds. The summed E-state index contributed by atoms with van der Waals surface area (Å²) in [5.41, 5.74) is 6.73. The van der Waals surface area contributed by atoms with Gasteiger partial charge in [-0.25, -0.2) is 4.79 Å². The van der Waals surface area contributed by atoms with Gasteiger partial charge in [-0.3, -0.25) is 4.79 Å². The fourth-order valence-electron chi connectivity index (χ4n) is 1.98. The predicted molar refractivity (Wildman–Crippen MR) is 86.3 cm³/mol. The molecular weight excluding hydrogens is 294 g/mol. The lowest BCUT2D eigenvalue weighted by Crippen LogP contribution is -2.11. The lowest BCUT2D eigenvalue weighted by molar-refractivity contribution is 0.0472. The highest BCUT2D eigenvalue weighted by Gasteiger charge is 2.09. The molecule has 0 fully saturated rings. The van der Waals surface area contributed by atoms with Crippen LogP contribution in [0.3, 0.4) is 0 Å². The number of esters is 1. The number of carbonyl (C=O) groups excluding carboxylic acids is 2. The van der Waals surface area contributed by atoms with Crippen molar-refractivity contribution in [3.05, 3.63) is 65.2 Å². The molecule has 0 aliphatic carbocycles. The third-order valence-corrected chi connectivity index (χ3v) is 3.12. The Bertz CT molecular complexity index is 697. The molecule has 120 valence electrons. The summed E-state index contributed by atoms with van der Waals surface area (Å²) in [6, 6.07) is 13.5. The quantitative estimate of drug-likeness (QED) is 0.797. The topological polar surface area (TPSA) is 78.6 Å². The van der Waals surface area contributed by atoms with E-state index in [-0.39, 0.29) is 6.61 Å². The zero-order valence-corrected chi connectivity index (χ0v) is 13.0. The van der Waals surface area contributed by atoms with E-state index in [2.05, 4.69) is 0 Å². The van der Waals surface area contributed by atoms with Gasteiger partial charge in [-0.05, 0) is 42.3 Å². The van der Waals surface area contributed by atoms with Gasteiger partial charge in [-0.2, -0.15) is 0 Å². The van der Waals surface area contributed by atoms with E-state index in [1.165, 1.54) is 0 Å². The van der Waals surface area contributed by atoms with Gasteiger partial charge in [0.05, 0.1) is 12.2 Å². The van der Waals surface area contributed by atoms with E-state index < -0.39 is 11.9 Å². The van der Waals surface area contributed by atoms with Crippen LogP contribution in [-0.2, 0) is 11.3 Å². The minimum Gasteiger partial charge on any atom is -0.494 e. The van der Waals surface area contributed by atoms with Gasteiger partial charge in [0.1, 0.15) is 12.4 Å². The number of hydrogen-bond donors (Lipinski definition) is 1. The van der Waals surface area contributed by atoms with Crippen molar-refractivity contribution in [3.8, 4) is 5.75 Å². The van der Waals surface area contributed by atoms with Gasteiger partial charge >= 0.3 is 5.97 Å². The summed E-state index contributed by atoms with van der Waals surface area (Å²) in [5, 5.41) is 0. The van der Waals surface area contributed by atoms with Gasteiger partial charge in [-0.15, -0.1) is 0 Å². The molecule has 2 N–H and O–H groups in total. The van der Waals surface area contributed by atoms with Crippen LogP contribution >= 0.6 is 0 Å². The average Bonchev–Trinajstić information content (AvgIpc) is 2.58. The Kier molecular flexibility index (Phi) is 5.74. The third kappa shape index (κ3) is 4.85. The van der Waals surface area contributed by atoms with Crippen LogP contribution in [0.5, 0.6) is 5.75 Å². The molecule has 0 aromatic heterocycles. The van der Waals surface area contributed by atoms with E-state index in [9.17, 15) is 9.59 Å². The summed E-state index contributed by atoms with van der Waals surface area (Å²) in [5.74, 6) is -0.326. The van der Waals surface area contributed by atoms with Crippen LogP contribution in [0, 0.1) is 0 Å². The standard InChI is InChI=1S/C18H19NO4/c1-2-9-22-16-8-4-7-15(11-16)18(21)23-12-13-5-3-6-14(10-13)17(19)20/h3-8,10-11H,2,9,12H2,1H3,(H2,19,20). The maximum atomic E-state index is 12.1. The Labute approximate surface area is 135 Å². The lowest BCUT2D eigenvalue weighted by atomic mass is 10.1. The van der Waals surface area contributed by atoms with E-state index in [1.54, 1.807) is 48.5 Å². The molecule has 2 aromatic carbocycles. The van der Waals surface area contributed by atoms with Crippen molar-refractivity contribution in [1.29, 1.82) is 0 Å². The number of carbonyl (C=O) groups is 2. The van der Waals surface area contributed by atoms with Gasteiger partial charge in [0, 0.05) is 5.56 Å². The van der Waals surface area contributed by atoms with Gasteiger partial charge in [0.15, 0.2) is 0 Å². The molecule has 0 aliphatic heterocycles. The van der Waals surface area contributed by atoms with Crippen molar-refractivity contribution in [2.45, 2.75) is 20.0 Å². The molecule has 0 unspecified atom stereocenters. The number of rotatable bonds is 7. The second kappa shape index (κ2) is 7.98. The Morgan fingerprint density at radius 3 is 2.52 bits per heavy atom. The lowest BCUT2D eigenvalue weighted by Gasteiger charge is -2.08. The fraction of sp³-hybridized carbons (Fsp3) is 0.222. The normalized spacial score (nSPS) is 10.1. The van der Waals surface area contributed by atoms with Gasteiger partial charge in [0.25, 0.3) is 0 Å². The van der Waals surface area contributed by atoms with E-state index in [0.717, 1.165) is 6.42 Å². The molecule has 0 atom stereocenters. The Morgan fingerprint density at radius 2 is 1.78 bits per heavy atom. The molecule has 0 aliphatic rings. The van der Waals surface area contributed by atoms with Crippen LogP contribution in [0.2, 0.25) is 0 Å². The smallest absolute Gasteiger partial charge is 0.338 e. The Hall–Kier alpha value is -2.82. The van der Waals surface area contributed by atoms with Crippen molar-refractivity contribution in [2.75, 3.05) is 6.61 Å². The summed E-state index contributed by atoms with van der Waals surface area (Å²) in [6.07, 6.45) is 0.894. The molecule has 0 radical (unpaired) electrons. The summed E-state index contributed by atoms with van der Waals surface area (Å²) in [7, 11) is 0. The second-order valence-electron chi connectivity index (χ2n) is 5.02. The largest absolute Gasteiger partial charge is 0.494 e. The maximum Gasteiger partial charge on any atom is 0.338 e. The van der Waals surface area contributed by atoms with Crippen molar-refractivity contribution in [1.82, 2.24) is 0 Å². The summed E-state index contributed by atoms with van der Waals surface area (Å²) >= 11 is 0. The average molecular weight is 313 g/mol. The maximum absolute atomic E-state index is 12.1. The molecular formula is C18H19NO4. The van der Waals surface area contributed by atoms with Crippen LogP contribution < -0.4 is 10.5 Å². The Balaban J connectivity index is 1.99. The first-order chi connectivity index (χ1) is 11.1. The number of hydrogen-bond acceptors (Lipinski definition) is 4. The van der Waals surface area contributed by atoms with Crippen LogP contribution in [0.15, 0.2) is 48.5 Å². The number of amides is 1. The van der Waals surface area contributed by atoms with E-state index in [0.29, 0.717) is 29.0 Å². The molecule has 0 bridgehead atoms. The highest BCUT2D eigenvalue weighted by atomic mass is 16.5. The minimum atomic E-state index is -0.515. The van der Waals surface area contributed by atoms with E-state index in [4.69, 9.17) is 15.2 Å². The monoisotopic (exact) mass is 313 g/mol. The molecule has 23 heavy (non-hydrogen) atoms. The van der Waals surface area contributed by atoms with Crippen molar-refractivity contribution in [3.63, 3.8) is 0 Å². The van der Waals surface area contributed by atoms with Gasteiger partial charge < -0.3 is 15.2 Å². The van der Waals surface area contributed by atoms with Crippen molar-refractivity contribution in [2.24, 2.45) is 5.73 Å². The number of primary amides is 1. The highest BCUT2D eigenvalue weighted by molar-refractivity contribution is 5.93. The highest BCUT2D eigenvalue weighted by Crippen LogP contribution is 2.15. The molecule has 0 saturated heterocycles. The van der Waals surface area contributed by atoms with E-state index >= 15 is 0 Å². The van der Waals surface area contributed by atoms with E-state index in [1.807, 2.05) is 6.92 Å². The second-order valence-corrected chi connectivity index (χ2v) is 5.02. The van der Waals surface area contributed by atoms with Crippen molar-refractivity contribution < 1.29 is 19.1 Å². The number of nitrogens with two attached hydrogens (primary N) is 1. The van der Waals surface area contributed by atoms with Gasteiger partial charge in [-0.1, -0.05) is 25.1 Å². The number of ether oxygens (including phenoxy) is 2. The SMILES string of the molecule is CCCOc1cccc(C(=O)OCc2cccc(C(N)=O)c2)c1. The molecule has 0 saturated carbocycles. The summed E-state index contributed by atoms with van der Waals surface area (Å²) < 4.78 is 10.8. The van der Waals surface area contributed by atoms with Crippen LogP contribution in [0.1, 0.15) is 39.6 Å². The first-order valence-electron chi connectivity index (χ1n) is 7.39. The van der Waals surface area contributed by atoms with Crippen LogP contribution in [0.25, 0.3) is 0 Å². The molecule has 2 aromatic rings. The van der Waals surface area contributed by atoms with Gasteiger partial charge in [0.2, 0.25) is 5.91 Å². The first-order valence-corrected chi connectivity index (χ1v) is 7.39. The number of benzene rings is 2. The summed E-state index contributed by atoms with van der Waals surface area (Å²) in [6.45, 7) is 2.68. The van der Waals surface area contributed by atoms with Crippen LogP contribution in [0.4, 0.5) is 0 Å². The zero-order valence-electron chi connectivity index (χ0n) is 13.0. The first kappa shape index (κ1) is 16.5. The molecule has 2 rings (SSSR count). The summed E-state index contributed by atoms with van der Waals surface area (Å²) in [4.78, 5) is 23.2. The third-order valence-electron chi connectivity index (χ3n) is 3.12. The minimum absolute atomic E-state index is 0.0694. The molecule has 5 heteroatoms. The fourth-order valence-corrected chi connectivity index (χ4v) is 1.98. The Morgan fingerprint density at radius 1 is 1.04 bits per heavy atom. The van der Waals surface area contributed by atoms with Crippen LogP contribution in [-0.4, -0.2) is 18.5 Å².